The molecule has 2 N–H and O–H groups in total. The van der Waals surface area contributed by atoms with Crippen molar-refractivity contribution < 1.29 is 5.11 Å². The largest absolute Gasteiger partial charge is 0.507 e. The number of aromatic hydroxyl groups is 1. The molecule has 5 rings (SSSR count). The Labute approximate surface area is 164 Å². The molecule has 0 aliphatic carbocycles. The SMILES string of the molecule is Cc1nccc2cc(-c3ccc(N(C)[C@H]4CC5CC[C@H](C4)N5)nn3)c(O)cc12. The van der Waals surface area contributed by atoms with Crippen LogP contribution in [0.25, 0.3) is 22.0 Å². The van der Waals surface area contributed by atoms with Gasteiger partial charge in [-0.2, -0.15) is 0 Å². The number of anilines is 1. The predicted octanol–water partition coefficient (Wildman–Crippen LogP) is 3.43. The van der Waals surface area contributed by atoms with Gasteiger partial charge in [-0.05, 0) is 68.3 Å². The van der Waals surface area contributed by atoms with E-state index in [2.05, 4.69) is 32.4 Å². The summed E-state index contributed by atoms with van der Waals surface area (Å²) in [5.74, 6) is 1.09. The molecule has 6 nitrogen and oxygen atoms in total. The molecule has 2 aliphatic rings. The van der Waals surface area contributed by atoms with Crippen LogP contribution in [0.15, 0.2) is 36.5 Å². The van der Waals surface area contributed by atoms with Crippen molar-refractivity contribution in [2.45, 2.75) is 50.7 Å². The highest BCUT2D eigenvalue weighted by atomic mass is 16.3. The number of phenolic OH excluding ortho intramolecular Hbond substituents is 1. The number of hydrogen-bond donors (Lipinski definition) is 2. The predicted molar refractivity (Wildman–Crippen MR) is 111 cm³/mol. The Bertz CT molecular complexity index is 1010. The molecule has 2 aliphatic heterocycles. The van der Waals surface area contributed by atoms with Crippen LogP contribution in [0.1, 0.15) is 31.4 Å². The Hall–Kier alpha value is -2.73. The first-order valence-corrected chi connectivity index (χ1v) is 10.00. The summed E-state index contributed by atoms with van der Waals surface area (Å²) in [6, 6.07) is 11.4. The van der Waals surface area contributed by atoms with Gasteiger partial charge in [-0.15, -0.1) is 10.2 Å². The third-order valence-corrected chi connectivity index (χ3v) is 6.36. The Morgan fingerprint density at radius 1 is 1.07 bits per heavy atom. The van der Waals surface area contributed by atoms with Gasteiger partial charge in [0.1, 0.15) is 5.75 Å². The molecular weight excluding hydrogens is 350 g/mol. The number of pyridine rings is 1. The topological polar surface area (TPSA) is 74.2 Å². The summed E-state index contributed by atoms with van der Waals surface area (Å²) >= 11 is 0. The van der Waals surface area contributed by atoms with Gasteiger partial charge in [0.15, 0.2) is 5.82 Å². The summed E-state index contributed by atoms with van der Waals surface area (Å²) in [5.41, 5.74) is 2.27. The fourth-order valence-corrected chi connectivity index (χ4v) is 4.75. The van der Waals surface area contributed by atoms with Crippen LogP contribution in [-0.2, 0) is 0 Å². The van der Waals surface area contributed by atoms with Gasteiger partial charge in [0, 0.05) is 48.0 Å². The van der Waals surface area contributed by atoms with Crippen LogP contribution in [0.2, 0.25) is 0 Å². The van der Waals surface area contributed by atoms with E-state index < -0.39 is 0 Å². The van der Waals surface area contributed by atoms with Gasteiger partial charge in [-0.3, -0.25) is 4.98 Å². The van der Waals surface area contributed by atoms with Crippen molar-refractivity contribution in [2.75, 3.05) is 11.9 Å². The van der Waals surface area contributed by atoms with E-state index in [1.54, 1.807) is 12.3 Å². The first-order chi connectivity index (χ1) is 13.6. The molecular formula is C22H25N5O. The minimum Gasteiger partial charge on any atom is -0.507 e. The molecule has 28 heavy (non-hydrogen) atoms. The molecule has 0 amide bonds. The van der Waals surface area contributed by atoms with E-state index in [0.29, 0.717) is 29.4 Å². The lowest BCUT2D eigenvalue weighted by molar-refractivity contribution is 0.353. The first kappa shape index (κ1) is 17.4. The highest BCUT2D eigenvalue weighted by Crippen LogP contribution is 2.34. The van der Waals surface area contributed by atoms with E-state index in [1.807, 2.05) is 31.2 Å². The Morgan fingerprint density at radius 2 is 1.86 bits per heavy atom. The van der Waals surface area contributed by atoms with Crippen molar-refractivity contribution in [1.82, 2.24) is 20.5 Å². The number of fused-ring (bicyclic) bond motifs is 3. The van der Waals surface area contributed by atoms with Crippen LogP contribution in [0.5, 0.6) is 5.75 Å². The fraction of sp³-hybridized carbons (Fsp3) is 0.409. The molecule has 1 unspecified atom stereocenters. The Morgan fingerprint density at radius 3 is 2.57 bits per heavy atom. The molecule has 0 radical (unpaired) electrons. The van der Waals surface area contributed by atoms with Gasteiger partial charge >= 0.3 is 0 Å². The Kier molecular flexibility index (Phi) is 4.16. The second-order valence-electron chi connectivity index (χ2n) is 8.14. The molecule has 3 atom stereocenters. The zero-order valence-corrected chi connectivity index (χ0v) is 16.3. The quantitative estimate of drug-likeness (QED) is 0.731. The molecule has 3 aromatic rings. The molecule has 2 aromatic heterocycles. The van der Waals surface area contributed by atoms with Crippen molar-refractivity contribution >= 4 is 16.6 Å². The maximum absolute atomic E-state index is 10.5. The smallest absolute Gasteiger partial charge is 0.151 e. The van der Waals surface area contributed by atoms with Gasteiger partial charge < -0.3 is 15.3 Å². The number of rotatable bonds is 3. The van der Waals surface area contributed by atoms with Crippen LogP contribution in [0.3, 0.4) is 0 Å². The number of phenols is 1. The van der Waals surface area contributed by atoms with E-state index in [4.69, 9.17) is 0 Å². The summed E-state index contributed by atoms with van der Waals surface area (Å²) in [7, 11) is 2.11. The number of nitrogens with zero attached hydrogens (tertiary/aromatic N) is 4. The van der Waals surface area contributed by atoms with Gasteiger partial charge in [-0.25, -0.2) is 0 Å². The number of aryl methyl sites for hydroxylation is 1. The van der Waals surface area contributed by atoms with Gasteiger partial charge in [0.25, 0.3) is 0 Å². The van der Waals surface area contributed by atoms with Crippen molar-refractivity contribution in [3.05, 3.63) is 42.2 Å². The number of nitrogens with one attached hydrogen (secondary N) is 1. The first-order valence-electron chi connectivity index (χ1n) is 10.00. The summed E-state index contributed by atoms with van der Waals surface area (Å²) in [6.07, 6.45) is 6.69. The van der Waals surface area contributed by atoms with Crippen molar-refractivity contribution in [3.8, 4) is 17.0 Å². The fourth-order valence-electron chi connectivity index (χ4n) is 4.75. The highest BCUT2D eigenvalue weighted by molar-refractivity contribution is 5.91. The zero-order valence-electron chi connectivity index (χ0n) is 16.3. The molecule has 6 heteroatoms. The van der Waals surface area contributed by atoms with Crippen LogP contribution in [0, 0.1) is 6.92 Å². The zero-order chi connectivity index (χ0) is 19.3. The van der Waals surface area contributed by atoms with Gasteiger partial charge in [0.2, 0.25) is 0 Å². The molecule has 2 saturated heterocycles. The second-order valence-corrected chi connectivity index (χ2v) is 8.14. The lowest BCUT2D eigenvalue weighted by Gasteiger charge is -2.36. The minimum atomic E-state index is 0.203. The third-order valence-electron chi connectivity index (χ3n) is 6.36. The van der Waals surface area contributed by atoms with E-state index in [9.17, 15) is 5.11 Å². The number of hydrogen-bond acceptors (Lipinski definition) is 6. The number of benzene rings is 1. The van der Waals surface area contributed by atoms with Crippen molar-refractivity contribution in [3.63, 3.8) is 0 Å². The maximum atomic E-state index is 10.5. The normalized spacial score (nSPS) is 23.9. The molecule has 2 fully saturated rings. The van der Waals surface area contributed by atoms with Crippen LogP contribution >= 0.6 is 0 Å². The molecule has 1 aromatic carbocycles. The van der Waals surface area contributed by atoms with Gasteiger partial charge in [-0.1, -0.05) is 0 Å². The van der Waals surface area contributed by atoms with Crippen molar-refractivity contribution in [1.29, 1.82) is 0 Å². The second kappa shape index (κ2) is 6.71. The highest BCUT2D eigenvalue weighted by Gasteiger charge is 2.35. The monoisotopic (exact) mass is 375 g/mol. The Balaban J connectivity index is 1.42. The molecule has 0 saturated carbocycles. The standard InChI is InChI=1S/C22H25N5O/c1-13-18-12-21(28)19(9-14(18)7-8-23-13)20-5-6-22(26-25-20)27(2)17-10-15-3-4-16(11-17)24-15/h5-9,12,15-17,24,28H,3-4,10-11H2,1-2H3/t15-,16?,17-/m1/s1. The van der Waals surface area contributed by atoms with E-state index in [-0.39, 0.29) is 5.75 Å². The minimum absolute atomic E-state index is 0.203. The van der Waals surface area contributed by atoms with Crippen LogP contribution < -0.4 is 10.2 Å². The van der Waals surface area contributed by atoms with E-state index in [0.717, 1.165) is 35.1 Å². The average molecular weight is 375 g/mol. The third kappa shape index (κ3) is 2.98. The van der Waals surface area contributed by atoms with Gasteiger partial charge in [0.05, 0.1) is 5.69 Å². The van der Waals surface area contributed by atoms with Crippen LogP contribution in [-0.4, -0.2) is 45.5 Å². The van der Waals surface area contributed by atoms with Crippen LogP contribution in [0.4, 0.5) is 5.82 Å². The summed E-state index contributed by atoms with van der Waals surface area (Å²) in [4.78, 5) is 6.55. The lowest BCUT2D eigenvalue weighted by atomic mass is 9.98. The number of aromatic nitrogens is 3. The molecule has 0 spiro atoms. The lowest BCUT2D eigenvalue weighted by Crippen LogP contribution is -2.47. The summed E-state index contributed by atoms with van der Waals surface area (Å²) in [5, 5.41) is 25.1. The summed E-state index contributed by atoms with van der Waals surface area (Å²) in [6.45, 7) is 1.94. The molecule has 2 bridgehead atoms. The van der Waals surface area contributed by atoms with E-state index >= 15 is 0 Å². The summed E-state index contributed by atoms with van der Waals surface area (Å²) < 4.78 is 0. The molecule has 4 heterocycles. The maximum Gasteiger partial charge on any atom is 0.151 e. The number of piperidine rings is 1. The van der Waals surface area contributed by atoms with Crippen molar-refractivity contribution in [2.24, 2.45) is 0 Å². The molecule has 144 valence electrons. The van der Waals surface area contributed by atoms with E-state index in [1.165, 1.54) is 12.8 Å². The average Bonchev–Trinajstić information content (AvgIpc) is 3.05.